The van der Waals surface area contributed by atoms with E-state index in [0.29, 0.717) is 16.9 Å². The highest BCUT2D eigenvalue weighted by Gasteiger charge is 2.15. The third-order valence-corrected chi connectivity index (χ3v) is 5.74. The first-order chi connectivity index (χ1) is 12.4. The Balaban J connectivity index is 2.01. The Bertz CT molecular complexity index is 1050. The van der Waals surface area contributed by atoms with E-state index in [-0.39, 0.29) is 10.8 Å². The van der Waals surface area contributed by atoms with Crippen molar-refractivity contribution < 1.29 is 0 Å². The van der Waals surface area contributed by atoms with Crippen LogP contribution in [0.4, 0.5) is 0 Å². The fraction of sp³-hybridized carbons (Fsp3) is 0.211. The molecule has 0 spiro atoms. The van der Waals surface area contributed by atoms with Crippen molar-refractivity contribution in [3.63, 3.8) is 0 Å². The Labute approximate surface area is 154 Å². The molecule has 3 aromatic rings. The van der Waals surface area contributed by atoms with E-state index in [9.17, 15) is 4.79 Å². The van der Waals surface area contributed by atoms with Crippen LogP contribution in [0.3, 0.4) is 0 Å². The van der Waals surface area contributed by atoms with Crippen molar-refractivity contribution in [1.29, 1.82) is 10.0 Å². The van der Waals surface area contributed by atoms with E-state index in [1.54, 1.807) is 36.5 Å². The van der Waals surface area contributed by atoms with Gasteiger partial charge in [-0.3, -0.25) is 14.7 Å². The predicted octanol–water partition coefficient (Wildman–Crippen LogP) is 3.56. The maximum absolute atomic E-state index is 12.9. The third kappa shape index (κ3) is 3.24. The smallest absolute Gasteiger partial charge is 0.280 e. The molecule has 1 atom stereocenters. The lowest BCUT2D eigenvalue weighted by Crippen LogP contribution is -2.17. The van der Waals surface area contributed by atoms with E-state index in [4.69, 9.17) is 10.0 Å². The van der Waals surface area contributed by atoms with E-state index in [1.807, 2.05) is 26.8 Å². The summed E-state index contributed by atoms with van der Waals surface area (Å²) < 4.78 is 9.56. The average molecular weight is 365 g/mol. The highest BCUT2D eigenvalue weighted by atomic mass is 32.2. The Kier molecular flexibility index (Phi) is 4.87. The second kappa shape index (κ2) is 7.10. The highest BCUT2D eigenvalue weighted by Crippen LogP contribution is 2.20. The first kappa shape index (κ1) is 17.8. The molecule has 1 aromatic carbocycles. The lowest BCUT2D eigenvalue weighted by Gasteiger charge is -2.09. The summed E-state index contributed by atoms with van der Waals surface area (Å²) in [5, 5.41) is 12.2. The molecule has 3 rings (SSSR count). The molecule has 0 aliphatic carbocycles. The van der Waals surface area contributed by atoms with Gasteiger partial charge in [-0.2, -0.15) is 5.26 Å². The minimum atomic E-state index is -0.624. The van der Waals surface area contributed by atoms with E-state index >= 15 is 0 Å². The number of nitrogens with one attached hydrogen (secondary N) is 2. The van der Waals surface area contributed by atoms with E-state index < -0.39 is 10.7 Å². The van der Waals surface area contributed by atoms with Gasteiger partial charge in [0.25, 0.3) is 5.56 Å². The third-order valence-electron chi connectivity index (χ3n) is 4.05. The number of rotatable bonds is 4. The number of nitrogens with zero attached hydrogens (tertiary/aromatic N) is 3. The van der Waals surface area contributed by atoms with Gasteiger partial charge >= 0.3 is 0 Å². The molecule has 2 heterocycles. The summed E-state index contributed by atoms with van der Waals surface area (Å²) in [6.07, 6.45) is 1.66. The largest absolute Gasteiger partial charge is 0.293 e. The summed E-state index contributed by atoms with van der Waals surface area (Å²) in [7, 11) is -0.624. The number of benzene rings is 1. The first-order valence-electron chi connectivity index (χ1n) is 8.15. The first-order valence-corrected chi connectivity index (χ1v) is 9.44. The zero-order valence-electron chi connectivity index (χ0n) is 14.8. The quantitative estimate of drug-likeness (QED) is 0.739. The van der Waals surface area contributed by atoms with Gasteiger partial charge in [0.15, 0.2) is 5.82 Å². The molecule has 0 amide bonds. The topological polar surface area (TPSA) is 98.3 Å². The SMILES string of the molecule is Cc1[nH]n(-c2ccc([S@@](=N)C(C)C)cn2)c(=O)c1-c1ccc(C#N)cc1. The Hall–Kier alpha value is -2.98. The van der Waals surface area contributed by atoms with Crippen LogP contribution in [0.1, 0.15) is 25.1 Å². The molecule has 0 saturated heterocycles. The monoisotopic (exact) mass is 365 g/mol. The van der Waals surface area contributed by atoms with Gasteiger partial charge in [0, 0.05) is 22.0 Å². The number of nitriles is 1. The number of aromatic nitrogens is 3. The van der Waals surface area contributed by atoms with Gasteiger partial charge in [-0.05, 0) is 36.8 Å². The minimum Gasteiger partial charge on any atom is -0.293 e. The van der Waals surface area contributed by atoms with Gasteiger partial charge in [-0.1, -0.05) is 36.7 Å². The molecule has 6 nitrogen and oxygen atoms in total. The van der Waals surface area contributed by atoms with Crippen LogP contribution in [0.5, 0.6) is 0 Å². The van der Waals surface area contributed by atoms with Gasteiger partial charge < -0.3 is 0 Å². The Morgan fingerprint density at radius 1 is 1.23 bits per heavy atom. The summed E-state index contributed by atoms with van der Waals surface area (Å²) in [6.45, 7) is 5.85. The molecular formula is C19H19N5OS. The Morgan fingerprint density at radius 3 is 2.46 bits per heavy atom. The van der Waals surface area contributed by atoms with Crippen LogP contribution in [-0.2, 0) is 10.7 Å². The predicted molar refractivity (Wildman–Crippen MR) is 103 cm³/mol. The fourth-order valence-corrected chi connectivity index (χ4v) is 3.59. The standard InChI is InChI=1S/C19H19N5OS/c1-12(2)26(21)16-8-9-17(22-11-16)24-19(25)18(13(3)23-24)15-6-4-14(10-20)5-7-15/h4-9,11-12,21,23H,1-3H3/t26-/m0/s1. The number of hydrogen-bond acceptors (Lipinski definition) is 4. The second-order valence-electron chi connectivity index (χ2n) is 6.18. The van der Waals surface area contributed by atoms with Crippen molar-refractivity contribution in [3.8, 4) is 23.0 Å². The summed E-state index contributed by atoms with van der Waals surface area (Å²) >= 11 is 0. The lowest BCUT2D eigenvalue weighted by molar-refractivity contribution is 0.804. The van der Waals surface area contributed by atoms with E-state index in [0.717, 1.165) is 16.2 Å². The van der Waals surface area contributed by atoms with Crippen LogP contribution in [0.2, 0.25) is 0 Å². The van der Waals surface area contributed by atoms with Crippen LogP contribution in [-0.4, -0.2) is 20.0 Å². The molecule has 2 N–H and O–H groups in total. The number of pyridine rings is 1. The van der Waals surface area contributed by atoms with Gasteiger partial charge in [-0.15, -0.1) is 0 Å². The van der Waals surface area contributed by atoms with Crippen LogP contribution in [0.15, 0.2) is 52.3 Å². The van der Waals surface area contributed by atoms with Gasteiger partial charge in [0.1, 0.15) is 0 Å². The summed E-state index contributed by atoms with van der Waals surface area (Å²) in [4.78, 5) is 18.1. The maximum Gasteiger partial charge on any atom is 0.280 e. The maximum atomic E-state index is 12.9. The van der Waals surface area contributed by atoms with Crippen molar-refractivity contribution in [2.75, 3.05) is 0 Å². The molecule has 0 aliphatic heterocycles. The van der Waals surface area contributed by atoms with Crippen molar-refractivity contribution >= 4 is 10.7 Å². The highest BCUT2D eigenvalue weighted by molar-refractivity contribution is 7.86. The molecule has 26 heavy (non-hydrogen) atoms. The van der Waals surface area contributed by atoms with Gasteiger partial charge in [0.2, 0.25) is 0 Å². The molecule has 2 aromatic heterocycles. The second-order valence-corrected chi connectivity index (χ2v) is 8.27. The van der Waals surface area contributed by atoms with Gasteiger partial charge in [0.05, 0.1) is 17.2 Å². The molecule has 0 saturated carbocycles. The molecule has 0 radical (unpaired) electrons. The molecule has 7 heteroatoms. The number of H-pyrrole nitrogens is 1. The van der Waals surface area contributed by atoms with Crippen molar-refractivity contribution in [1.82, 2.24) is 14.8 Å². The summed E-state index contributed by atoms with van der Waals surface area (Å²) in [6, 6.07) is 12.6. The zero-order valence-corrected chi connectivity index (χ0v) is 15.6. The molecule has 0 bridgehead atoms. The molecular weight excluding hydrogens is 346 g/mol. The average Bonchev–Trinajstić information content (AvgIpc) is 2.95. The summed E-state index contributed by atoms with van der Waals surface area (Å²) in [5.74, 6) is 0.488. The minimum absolute atomic E-state index is 0.193. The van der Waals surface area contributed by atoms with Gasteiger partial charge in [-0.25, -0.2) is 9.67 Å². The molecule has 132 valence electrons. The van der Waals surface area contributed by atoms with Crippen LogP contribution in [0, 0.1) is 23.0 Å². The normalized spacial score (nSPS) is 12.1. The van der Waals surface area contributed by atoms with E-state index in [2.05, 4.69) is 16.2 Å². The van der Waals surface area contributed by atoms with E-state index in [1.165, 1.54) is 4.68 Å². The summed E-state index contributed by atoms with van der Waals surface area (Å²) in [5.41, 5.74) is 2.40. The van der Waals surface area contributed by atoms with Crippen molar-refractivity contribution in [2.45, 2.75) is 30.9 Å². The number of aromatic amines is 1. The Morgan fingerprint density at radius 2 is 1.92 bits per heavy atom. The zero-order chi connectivity index (χ0) is 18.8. The molecule has 0 fully saturated rings. The number of hydrogen-bond donors (Lipinski definition) is 2. The van der Waals surface area contributed by atoms with Crippen LogP contribution < -0.4 is 5.56 Å². The molecule has 0 unspecified atom stereocenters. The number of aryl methyl sites for hydroxylation is 1. The van der Waals surface area contributed by atoms with Crippen molar-refractivity contribution in [3.05, 3.63) is 64.2 Å². The lowest BCUT2D eigenvalue weighted by atomic mass is 10.1. The van der Waals surface area contributed by atoms with Crippen LogP contribution in [0.25, 0.3) is 16.9 Å². The van der Waals surface area contributed by atoms with Crippen molar-refractivity contribution in [2.24, 2.45) is 0 Å². The molecule has 0 aliphatic rings. The fourth-order valence-electron chi connectivity index (χ4n) is 2.67. The van der Waals surface area contributed by atoms with Crippen LogP contribution >= 0.6 is 0 Å².